The van der Waals surface area contributed by atoms with E-state index < -0.39 is 0 Å². The number of hydrogen-bond acceptors (Lipinski definition) is 4. The number of aromatic hydroxyl groups is 1. The van der Waals surface area contributed by atoms with Gasteiger partial charge >= 0.3 is 0 Å². The van der Waals surface area contributed by atoms with Gasteiger partial charge in [-0.2, -0.15) is 0 Å². The van der Waals surface area contributed by atoms with Crippen molar-refractivity contribution in [3.8, 4) is 5.75 Å². The van der Waals surface area contributed by atoms with Gasteiger partial charge in [-0.3, -0.25) is 14.7 Å². The van der Waals surface area contributed by atoms with Crippen molar-refractivity contribution in [3.05, 3.63) is 30.6 Å². The van der Waals surface area contributed by atoms with Crippen molar-refractivity contribution in [2.45, 2.75) is 13.8 Å². The molecule has 1 heterocycles. The number of halogens is 2. The number of thioether (sulfide) groups is 1. The Morgan fingerprint density at radius 1 is 1.48 bits per heavy atom. The fourth-order valence-corrected chi connectivity index (χ4v) is 4.46. The summed E-state index contributed by atoms with van der Waals surface area (Å²) in [6.45, 7) is 5.15. The molecule has 1 saturated heterocycles. The Balaban J connectivity index is 2.38. The number of carbonyl (C=O) groups is 1. The van der Waals surface area contributed by atoms with Crippen LogP contribution in [0.25, 0.3) is 6.08 Å². The highest BCUT2D eigenvalue weighted by atomic mass is 127. The number of hydrogen-bond donors (Lipinski definition) is 1. The quantitative estimate of drug-likeness (QED) is 0.524. The van der Waals surface area contributed by atoms with Crippen LogP contribution in [0.5, 0.6) is 5.75 Å². The summed E-state index contributed by atoms with van der Waals surface area (Å²) in [6.07, 6.45) is 1.83. The first-order chi connectivity index (χ1) is 9.97. The Bertz CT molecular complexity index is 623. The maximum atomic E-state index is 12.4. The summed E-state index contributed by atoms with van der Waals surface area (Å²) in [5, 5.41) is 10.5. The predicted molar refractivity (Wildman–Crippen MR) is 99.5 cm³/mol. The van der Waals surface area contributed by atoms with Crippen LogP contribution in [0.15, 0.2) is 26.5 Å². The molecule has 0 bridgehead atoms. The molecule has 4 nitrogen and oxygen atoms in total. The summed E-state index contributed by atoms with van der Waals surface area (Å²) < 4.78 is 1.35. The highest BCUT2D eigenvalue weighted by molar-refractivity contribution is 14.1. The van der Waals surface area contributed by atoms with E-state index in [0.717, 1.165) is 14.3 Å². The van der Waals surface area contributed by atoms with Crippen LogP contribution in [0.2, 0.25) is 0 Å². The summed E-state index contributed by atoms with van der Waals surface area (Å²) in [7, 11) is 0. The molecule has 1 N–H and O–H groups in total. The second-order valence-corrected chi connectivity index (χ2v) is 7.28. The SMILES string of the molecule is CCN=C1S/C(=C\c2cc(Br)c(O)c(I)c2)C(=O)N1CC. The molecule has 7 heteroatoms. The first-order valence-corrected chi connectivity index (χ1v) is 9.10. The fraction of sp³-hybridized carbons (Fsp3) is 0.286. The number of carbonyl (C=O) groups excluding carboxylic acids is 1. The van der Waals surface area contributed by atoms with Crippen LogP contribution in [0.1, 0.15) is 19.4 Å². The summed E-state index contributed by atoms with van der Waals surface area (Å²) in [5.74, 6) is 0.195. The van der Waals surface area contributed by atoms with Crippen molar-refractivity contribution < 1.29 is 9.90 Å². The third-order valence-electron chi connectivity index (χ3n) is 2.83. The normalized spacial score (nSPS) is 19.0. The molecule has 21 heavy (non-hydrogen) atoms. The van der Waals surface area contributed by atoms with Gasteiger partial charge in [0.15, 0.2) is 5.17 Å². The van der Waals surface area contributed by atoms with Gasteiger partial charge in [-0.15, -0.1) is 0 Å². The van der Waals surface area contributed by atoms with E-state index in [1.807, 2.05) is 26.0 Å². The van der Waals surface area contributed by atoms with Crippen molar-refractivity contribution in [2.75, 3.05) is 13.1 Å². The lowest BCUT2D eigenvalue weighted by Crippen LogP contribution is -2.28. The third-order valence-corrected chi connectivity index (χ3v) is 5.31. The molecule has 0 aliphatic carbocycles. The summed E-state index contributed by atoms with van der Waals surface area (Å²) in [5.41, 5.74) is 0.869. The number of rotatable bonds is 3. The van der Waals surface area contributed by atoms with Gasteiger partial charge in [-0.05, 0) is 87.9 Å². The number of nitrogens with zero attached hydrogens (tertiary/aromatic N) is 2. The zero-order valence-electron chi connectivity index (χ0n) is 11.6. The Labute approximate surface area is 150 Å². The molecular weight excluding hydrogens is 467 g/mol. The van der Waals surface area contributed by atoms with Crippen molar-refractivity contribution in [1.29, 1.82) is 0 Å². The molecule has 0 atom stereocenters. The molecule has 0 aromatic heterocycles. The van der Waals surface area contributed by atoms with Crippen molar-refractivity contribution in [3.63, 3.8) is 0 Å². The Morgan fingerprint density at radius 2 is 2.19 bits per heavy atom. The molecule has 112 valence electrons. The first-order valence-electron chi connectivity index (χ1n) is 6.41. The fourth-order valence-electron chi connectivity index (χ4n) is 1.86. The number of benzene rings is 1. The zero-order valence-corrected chi connectivity index (χ0v) is 16.1. The Morgan fingerprint density at radius 3 is 2.76 bits per heavy atom. The number of amidine groups is 1. The Kier molecular flexibility index (Phi) is 5.73. The van der Waals surface area contributed by atoms with Gasteiger partial charge in [0.2, 0.25) is 0 Å². The van der Waals surface area contributed by atoms with Crippen LogP contribution < -0.4 is 0 Å². The van der Waals surface area contributed by atoms with Crippen LogP contribution in [-0.2, 0) is 4.79 Å². The average Bonchev–Trinajstić information content (AvgIpc) is 2.72. The van der Waals surface area contributed by atoms with Crippen LogP contribution >= 0.6 is 50.3 Å². The van der Waals surface area contributed by atoms with Gasteiger partial charge in [0, 0.05) is 13.1 Å². The molecule has 0 radical (unpaired) electrons. The molecule has 1 aliphatic heterocycles. The van der Waals surface area contributed by atoms with E-state index >= 15 is 0 Å². The van der Waals surface area contributed by atoms with E-state index in [2.05, 4.69) is 43.5 Å². The lowest BCUT2D eigenvalue weighted by molar-refractivity contribution is -0.122. The van der Waals surface area contributed by atoms with Crippen molar-refractivity contribution in [2.24, 2.45) is 4.99 Å². The van der Waals surface area contributed by atoms with Gasteiger partial charge < -0.3 is 5.11 Å². The minimum Gasteiger partial charge on any atom is -0.506 e. The number of amides is 1. The highest BCUT2D eigenvalue weighted by Gasteiger charge is 2.31. The molecule has 1 aromatic carbocycles. The highest BCUT2D eigenvalue weighted by Crippen LogP contribution is 2.35. The molecular formula is C14H14BrIN2O2S. The lowest BCUT2D eigenvalue weighted by Gasteiger charge is -2.11. The van der Waals surface area contributed by atoms with Gasteiger partial charge in [-0.1, -0.05) is 0 Å². The predicted octanol–water partition coefficient (Wildman–Crippen LogP) is 4.07. The van der Waals surface area contributed by atoms with Crippen LogP contribution in [-0.4, -0.2) is 34.2 Å². The minimum atomic E-state index is -0.0195. The number of aliphatic imine (C=N–C) groups is 1. The van der Waals surface area contributed by atoms with Gasteiger partial charge in [0.25, 0.3) is 5.91 Å². The molecule has 0 spiro atoms. The van der Waals surface area contributed by atoms with Crippen molar-refractivity contribution >= 4 is 67.4 Å². The summed E-state index contributed by atoms with van der Waals surface area (Å²) in [6, 6.07) is 3.64. The first kappa shape index (κ1) is 16.8. The van der Waals surface area contributed by atoms with Crippen LogP contribution in [0, 0.1) is 3.57 Å². The van der Waals surface area contributed by atoms with E-state index in [0.29, 0.717) is 22.5 Å². The summed E-state index contributed by atoms with van der Waals surface area (Å²) in [4.78, 5) is 19.0. The third kappa shape index (κ3) is 3.62. The van der Waals surface area contributed by atoms with Gasteiger partial charge in [-0.25, -0.2) is 0 Å². The second-order valence-electron chi connectivity index (χ2n) is 4.25. The molecule has 1 fully saturated rings. The van der Waals surface area contributed by atoms with Crippen LogP contribution in [0.4, 0.5) is 0 Å². The maximum Gasteiger partial charge on any atom is 0.266 e. The molecule has 0 saturated carbocycles. The lowest BCUT2D eigenvalue weighted by atomic mass is 10.2. The number of likely N-dealkylation sites (N-methyl/N-ethyl adjacent to an activating group) is 1. The number of phenolic OH excluding ortho intramolecular Hbond substituents is 1. The van der Waals surface area contributed by atoms with E-state index in [4.69, 9.17) is 0 Å². The maximum absolute atomic E-state index is 12.4. The van der Waals surface area contributed by atoms with Crippen LogP contribution in [0.3, 0.4) is 0 Å². The smallest absolute Gasteiger partial charge is 0.266 e. The van der Waals surface area contributed by atoms with E-state index in [-0.39, 0.29) is 11.7 Å². The minimum absolute atomic E-state index is 0.0195. The van der Waals surface area contributed by atoms with Crippen molar-refractivity contribution in [1.82, 2.24) is 4.90 Å². The molecule has 1 amide bonds. The van der Waals surface area contributed by atoms with E-state index in [9.17, 15) is 9.90 Å². The standard InChI is InChI=1S/C14H14BrIN2O2S/c1-3-17-14-18(4-2)13(20)11(21-14)7-8-5-9(15)12(19)10(16)6-8/h5-7,19H,3-4H2,1-2H3/b11-7-,17-14?. The van der Waals surface area contributed by atoms with Gasteiger partial charge in [0.05, 0.1) is 12.9 Å². The molecule has 1 aliphatic rings. The molecule has 1 aromatic rings. The molecule has 0 unspecified atom stereocenters. The molecule has 2 rings (SSSR count). The monoisotopic (exact) mass is 480 g/mol. The largest absolute Gasteiger partial charge is 0.506 e. The van der Waals surface area contributed by atoms with E-state index in [1.165, 1.54) is 11.8 Å². The second kappa shape index (κ2) is 7.15. The Hall–Kier alpha value is -0.540. The topological polar surface area (TPSA) is 52.9 Å². The van der Waals surface area contributed by atoms with E-state index in [1.54, 1.807) is 11.0 Å². The zero-order chi connectivity index (χ0) is 15.6. The number of phenols is 1. The van der Waals surface area contributed by atoms with Gasteiger partial charge in [0.1, 0.15) is 5.75 Å². The average molecular weight is 481 g/mol. The summed E-state index contributed by atoms with van der Waals surface area (Å²) >= 11 is 6.77.